The number of anilines is 1. The van der Waals surface area contributed by atoms with Crippen molar-refractivity contribution >= 4 is 5.69 Å². The number of nitrogens with zero attached hydrogens (tertiary/aromatic N) is 1. The molecule has 1 heterocycles. The van der Waals surface area contributed by atoms with Crippen LogP contribution in [0.1, 0.15) is 38.7 Å². The number of benzene rings is 1. The summed E-state index contributed by atoms with van der Waals surface area (Å²) in [5.41, 5.74) is 2.97. The van der Waals surface area contributed by atoms with Gasteiger partial charge in [-0.1, -0.05) is 25.1 Å². The van der Waals surface area contributed by atoms with Crippen molar-refractivity contribution in [3.8, 4) is 0 Å². The SMILES string of the molecule is CC1CCN(C(C)C)c2ccccc21. The predicted octanol–water partition coefficient (Wildman–Crippen LogP) is 3.41. The van der Waals surface area contributed by atoms with Crippen LogP contribution in [0, 0.1) is 0 Å². The average Bonchev–Trinajstić information content (AvgIpc) is 2.18. The van der Waals surface area contributed by atoms with E-state index in [1.165, 1.54) is 24.2 Å². The van der Waals surface area contributed by atoms with E-state index < -0.39 is 0 Å². The zero-order valence-corrected chi connectivity index (χ0v) is 9.33. The van der Waals surface area contributed by atoms with Crippen molar-refractivity contribution in [1.82, 2.24) is 0 Å². The highest BCUT2D eigenvalue weighted by molar-refractivity contribution is 5.57. The molecule has 0 aliphatic carbocycles. The van der Waals surface area contributed by atoms with Gasteiger partial charge in [-0.15, -0.1) is 0 Å². The minimum atomic E-state index is 0.614. The second kappa shape index (κ2) is 3.64. The normalized spacial score (nSPS) is 21.1. The highest BCUT2D eigenvalue weighted by Gasteiger charge is 2.22. The number of fused-ring (bicyclic) bond motifs is 1. The maximum Gasteiger partial charge on any atom is 0.0403 e. The lowest BCUT2D eigenvalue weighted by Crippen LogP contribution is -2.36. The van der Waals surface area contributed by atoms with E-state index in [-0.39, 0.29) is 0 Å². The molecular weight excluding hydrogens is 170 g/mol. The van der Waals surface area contributed by atoms with E-state index in [2.05, 4.69) is 49.9 Å². The van der Waals surface area contributed by atoms with Gasteiger partial charge in [0.1, 0.15) is 0 Å². The van der Waals surface area contributed by atoms with Gasteiger partial charge in [-0.2, -0.15) is 0 Å². The Kier molecular flexibility index (Phi) is 2.49. The quantitative estimate of drug-likeness (QED) is 0.654. The molecule has 0 aromatic heterocycles. The Morgan fingerprint density at radius 1 is 1.29 bits per heavy atom. The molecule has 76 valence electrons. The molecule has 1 aromatic rings. The Morgan fingerprint density at radius 2 is 2.00 bits per heavy atom. The lowest BCUT2D eigenvalue weighted by atomic mass is 9.91. The Hall–Kier alpha value is -0.980. The molecule has 1 atom stereocenters. The summed E-state index contributed by atoms with van der Waals surface area (Å²) in [5, 5.41) is 0. The fraction of sp³-hybridized carbons (Fsp3) is 0.538. The van der Waals surface area contributed by atoms with Crippen molar-refractivity contribution in [1.29, 1.82) is 0 Å². The summed E-state index contributed by atoms with van der Waals surface area (Å²) in [7, 11) is 0. The Morgan fingerprint density at radius 3 is 2.71 bits per heavy atom. The van der Waals surface area contributed by atoms with Crippen molar-refractivity contribution in [2.24, 2.45) is 0 Å². The molecule has 14 heavy (non-hydrogen) atoms. The molecule has 0 amide bonds. The molecule has 1 aliphatic rings. The smallest absolute Gasteiger partial charge is 0.0403 e. The summed E-state index contributed by atoms with van der Waals surface area (Å²) < 4.78 is 0. The maximum absolute atomic E-state index is 2.51. The van der Waals surface area contributed by atoms with Crippen LogP contribution in [0.2, 0.25) is 0 Å². The number of hydrogen-bond donors (Lipinski definition) is 0. The van der Waals surface area contributed by atoms with Crippen LogP contribution < -0.4 is 4.90 Å². The topological polar surface area (TPSA) is 3.24 Å². The lowest BCUT2D eigenvalue weighted by molar-refractivity contribution is 0.573. The van der Waals surface area contributed by atoms with E-state index in [0.717, 1.165) is 5.92 Å². The summed E-state index contributed by atoms with van der Waals surface area (Å²) in [4.78, 5) is 2.51. The monoisotopic (exact) mass is 189 g/mol. The Balaban J connectivity index is 2.41. The first-order valence-electron chi connectivity index (χ1n) is 5.55. The molecular formula is C13H19N. The molecule has 1 aliphatic heterocycles. The largest absolute Gasteiger partial charge is 0.369 e. The standard InChI is InChI=1S/C13H19N/c1-10(2)14-9-8-11(3)12-6-4-5-7-13(12)14/h4-7,10-11H,8-9H2,1-3H3. The van der Waals surface area contributed by atoms with Gasteiger partial charge >= 0.3 is 0 Å². The van der Waals surface area contributed by atoms with Crippen LogP contribution in [0.15, 0.2) is 24.3 Å². The lowest BCUT2D eigenvalue weighted by Gasteiger charge is -2.37. The van der Waals surface area contributed by atoms with Gasteiger partial charge in [-0.05, 0) is 37.8 Å². The van der Waals surface area contributed by atoms with Gasteiger partial charge in [0.25, 0.3) is 0 Å². The minimum Gasteiger partial charge on any atom is -0.369 e. The van der Waals surface area contributed by atoms with E-state index in [0.29, 0.717) is 6.04 Å². The van der Waals surface area contributed by atoms with Crippen molar-refractivity contribution in [2.45, 2.75) is 39.2 Å². The molecule has 1 unspecified atom stereocenters. The zero-order chi connectivity index (χ0) is 10.1. The van der Waals surface area contributed by atoms with Crippen LogP contribution >= 0.6 is 0 Å². The first-order valence-corrected chi connectivity index (χ1v) is 5.55. The van der Waals surface area contributed by atoms with Crippen molar-refractivity contribution in [3.63, 3.8) is 0 Å². The minimum absolute atomic E-state index is 0.614. The van der Waals surface area contributed by atoms with Crippen molar-refractivity contribution in [2.75, 3.05) is 11.4 Å². The van der Waals surface area contributed by atoms with Crippen molar-refractivity contribution in [3.05, 3.63) is 29.8 Å². The van der Waals surface area contributed by atoms with Crippen LogP contribution in [-0.2, 0) is 0 Å². The van der Waals surface area contributed by atoms with Crippen molar-refractivity contribution < 1.29 is 0 Å². The third kappa shape index (κ3) is 1.52. The summed E-state index contributed by atoms with van der Waals surface area (Å²) in [5.74, 6) is 0.723. The molecule has 0 N–H and O–H groups in total. The molecule has 0 saturated carbocycles. The molecule has 0 fully saturated rings. The van der Waals surface area contributed by atoms with E-state index in [1.807, 2.05) is 0 Å². The van der Waals surface area contributed by atoms with Crippen LogP contribution in [0.5, 0.6) is 0 Å². The van der Waals surface area contributed by atoms with Gasteiger partial charge in [0.15, 0.2) is 0 Å². The zero-order valence-electron chi connectivity index (χ0n) is 9.33. The number of rotatable bonds is 1. The molecule has 2 rings (SSSR count). The van der Waals surface area contributed by atoms with E-state index in [9.17, 15) is 0 Å². The van der Waals surface area contributed by atoms with E-state index >= 15 is 0 Å². The summed E-state index contributed by atoms with van der Waals surface area (Å²) in [6.07, 6.45) is 1.29. The highest BCUT2D eigenvalue weighted by Crippen LogP contribution is 2.35. The molecule has 1 aromatic carbocycles. The van der Waals surface area contributed by atoms with Gasteiger partial charge < -0.3 is 4.90 Å². The third-order valence-corrected chi connectivity index (χ3v) is 3.20. The van der Waals surface area contributed by atoms with Crippen LogP contribution in [-0.4, -0.2) is 12.6 Å². The third-order valence-electron chi connectivity index (χ3n) is 3.20. The molecule has 0 radical (unpaired) electrons. The fourth-order valence-corrected chi connectivity index (χ4v) is 2.31. The number of para-hydroxylation sites is 1. The van der Waals surface area contributed by atoms with Crippen LogP contribution in [0.3, 0.4) is 0 Å². The summed E-state index contributed by atoms with van der Waals surface area (Å²) in [6.45, 7) is 8.08. The molecule has 1 nitrogen and oxygen atoms in total. The van der Waals surface area contributed by atoms with Crippen LogP contribution in [0.4, 0.5) is 5.69 Å². The summed E-state index contributed by atoms with van der Waals surface area (Å²) in [6, 6.07) is 9.44. The van der Waals surface area contributed by atoms with Gasteiger partial charge in [0, 0.05) is 18.3 Å². The second-order valence-corrected chi connectivity index (χ2v) is 4.54. The van der Waals surface area contributed by atoms with E-state index in [4.69, 9.17) is 0 Å². The molecule has 1 heteroatoms. The van der Waals surface area contributed by atoms with Gasteiger partial charge in [0.05, 0.1) is 0 Å². The average molecular weight is 189 g/mol. The fourth-order valence-electron chi connectivity index (χ4n) is 2.31. The van der Waals surface area contributed by atoms with Gasteiger partial charge in [0.2, 0.25) is 0 Å². The predicted molar refractivity (Wildman–Crippen MR) is 62.0 cm³/mol. The highest BCUT2D eigenvalue weighted by atomic mass is 15.2. The van der Waals surface area contributed by atoms with Crippen LogP contribution in [0.25, 0.3) is 0 Å². The van der Waals surface area contributed by atoms with E-state index in [1.54, 1.807) is 0 Å². The summed E-state index contributed by atoms with van der Waals surface area (Å²) >= 11 is 0. The number of hydrogen-bond acceptors (Lipinski definition) is 1. The molecule has 0 saturated heterocycles. The van der Waals surface area contributed by atoms with Gasteiger partial charge in [-0.3, -0.25) is 0 Å². The molecule has 0 bridgehead atoms. The first-order chi connectivity index (χ1) is 6.70. The Labute approximate surface area is 86.7 Å². The first kappa shape index (κ1) is 9.57. The maximum atomic E-state index is 2.51. The Bertz CT molecular complexity index is 317. The van der Waals surface area contributed by atoms with Gasteiger partial charge in [-0.25, -0.2) is 0 Å². The second-order valence-electron chi connectivity index (χ2n) is 4.54. The molecule has 0 spiro atoms.